The lowest BCUT2D eigenvalue weighted by atomic mass is 10.1. The van der Waals surface area contributed by atoms with E-state index in [4.69, 9.17) is 5.11 Å². The van der Waals surface area contributed by atoms with Crippen LogP contribution in [0.2, 0.25) is 0 Å². The molecule has 27 heavy (non-hydrogen) atoms. The van der Waals surface area contributed by atoms with Crippen molar-refractivity contribution in [1.82, 2.24) is 0 Å². The van der Waals surface area contributed by atoms with Crippen LogP contribution in [0.3, 0.4) is 0 Å². The topological polar surface area (TPSA) is 109 Å². The summed E-state index contributed by atoms with van der Waals surface area (Å²) >= 11 is 3.36. The number of benzene rings is 2. The minimum absolute atomic E-state index is 0.110. The van der Waals surface area contributed by atoms with Gasteiger partial charge in [0.05, 0.1) is 24.5 Å². The maximum absolute atomic E-state index is 10.2. The second kappa shape index (κ2) is 9.91. The SMILES string of the molecule is Cc1ccc(N(C[C@H](O)[C@@H](O)[C@@H](O)CO)N=Nc2ccc(Br)cc2)cc1C. The Kier molecular flexibility index (Phi) is 7.88. The van der Waals surface area contributed by atoms with E-state index in [2.05, 4.69) is 26.3 Å². The lowest BCUT2D eigenvalue weighted by Gasteiger charge is -2.26. The summed E-state index contributed by atoms with van der Waals surface area (Å²) in [7, 11) is 0. The molecule has 0 saturated carbocycles. The quantitative estimate of drug-likeness (QED) is 0.374. The number of rotatable bonds is 8. The molecule has 2 aromatic rings. The molecular weight excluding hydrogens is 414 g/mol. The van der Waals surface area contributed by atoms with Crippen LogP contribution in [0.5, 0.6) is 0 Å². The van der Waals surface area contributed by atoms with Gasteiger partial charge in [0.2, 0.25) is 0 Å². The lowest BCUT2D eigenvalue weighted by molar-refractivity contribution is -0.0732. The van der Waals surface area contributed by atoms with Gasteiger partial charge in [-0.3, -0.25) is 0 Å². The van der Waals surface area contributed by atoms with Crippen LogP contribution in [0.15, 0.2) is 57.3 Å². The molecule has 0 aromatic heterocycles. The molecule has 7 nitrogen and oxygen atoms in total. The summed E-state index contributed by atoms with van der Waals surface area (Å²) in [6, 6.07) is 12.9. The maximum Gasteiger partial charge on any atom is 0.110 e. The number of nitrogens with zero attached hydrogens (tertiary/aromatic N) is 3. The smallest absolute Gasteiger partial charge is 0.110 e. The van der Waals surface area contributed by atoms with Gasteiger partial charge < -0.3 is 20.4 Å². The Hall–Kier alpha value is -1.84. The predicted octanol–water partition coefficient (Wildman–Crippen LogP) is 2.65. The van der Waals surface area contributed by atoms with Crippen LogP contribution in [0.4, 0.5) is 11.4 Å². The molecule has 0 amide bonds. The normalized spacial score (nSPS) is 14.9. The number of hydrogen-bond donors (Lipinski definition) is 4. The van der Waals surface area contributed by atoms with Gasteiger partial charge in [-0.1, -0.05) is 27.2 Å². The highest BCUT2D eigenvalue weighted by atomic mass is 79.9. The zero-order chi connectivity index (χ0) is 20.0. The number of halogens is 1. The average Bonchev–Trinajstić information content (AvgIpc) is 2.67. The molecule has 0 fully saturated rings. The van der Waals surface area contributed by atoms with E-state index < -0.39 is 24.9 Å². The summed E-state index contributed by atoms with van der Waals surface area (Å²) in [5.41, 5.74) is 3.46. The van der Waals surface area contributed by atoms with Crippen molar-refractivity contribution in [3.8, 4) is 0 Å². The molecule has 2 aromatic carbocycles. The minimum atomic E-state index is -1.51. The first kappa shape index (κ1) is 21.5. The number of anilines is 1. The highest BCUT2D eigenvalue weighted by Gasteiger charge is 2.26. The first-order chi connectivity index (χ1) is 12.8. The molecule has 0 aliphatic rings. The van der Waals surface area contributed by atoms with Gasteiger partial charge >= 0.3 is 0 Å². The third-order valence-corrected chi connectivity index (χ3v) is 4.75. The maximum atomic E-state index is 10.2. The molecule has 146 valence electrons. The molecule has 0 bridgehead atoms. The molecule has 0 saturated heterocycles. The Morgan fingerprint density at radius 1 is 0.963 bits per heavy atom. The third-order valence-electron chi connectivity index (χ3n) is 4.22. The molecular formula is C19H24BrN3O4. The fraction of sp³-hybridized carbons (Fsp3) is 0.368. The summed E-state index contributed by atoms with van der Waals surface area (Å²) in [5, 5.41) is 48.5. The van der Waals surface area contributed by atoms with Crippen LogP contribution in [0.25, 0.3) is 0 Å². The molecule has 2 rings (SSSR count). The Balaban J connectivity index is 2.27. The predicted molar refractivity (Wildman–Crippen MR) is 107 cm³/mol. The molecule has 8 heteroatoms. The number of aliphatic hydroxyl groups excluding tert-OH is 4. The molecule has 0 radical (unpaired) electrons. The van der Waals surface area contributed by atoms with Crippen molar-refractivity contribution in [2.75, 3.05) is 18.2 Å². The van der Waals surface area contributed by atoms with Crippen LogP contribution >= 0.6 is 15.9 Å². The summed E-state index contributed by atoms with van der Waals surface area (Å²) in [4.78, 5) is 0. The highest BCUT2D eigenvalue weighted by Crippen LogP contribution is 2.23. The van der Waals surface area contributed by atoms with Gasteiger partial charge in [0.25, 0.3) is 0 Å². The fourth-order valence-electron chi connectivity index (χ4n) is 2.34. The summed E-state index contributed by atoms with van der Waals surface area (Å²) < 4.78 is 0.920. The van der Waals surface area contributed by atoms with Crippen LogP contribution in [-0.2, 0) is 0 Å². The van der Waals surface area contributed by atoms with E-state index in [0.29, 0.717) is 11.4 Å². The Bertz CT molecular complexity index is 770. The largest absolute Gasteiger partial charge is 0.394 e. The number of hydrogen-bond acceptors (Lipinski definition) is 6. The van der Waals surface area contributed by atoms with Gasteiger partial charge in [0, 0.05) is 4.47 Å². The second-order valence-electron chi connectivity index (χ2n) is 6.32. The molecule has 0 aliphatic carbocycles. The fourth-order valence-corrected chi connectivity index (χ4v) is 2.61. The summed E-state index contributed by atoms with van der Waals surface area (Å²) in [5.74, 6) is 0. The molecule has 3 atom stereocenters. The zero-order valence-electron chi connectivity index (χ0n) is 15.2. The number of aliphatic hydroxyl groups is 4. The van der Waals surface area contributed by atoms with Gasteiger partial charge in [0.15, 0.2) is 0 Å². The first-order valence-electron chi connectivity index (χ1n) is 8.49. The van der Waals surface area contributed by atoms with E-state index in [-0.39, 0.29) is 6.54 Å². The molecule has 4 N–H and O–H groups in total. The van der Waals surface area contributed by atoms with Crippen molar-refractivity contribution in [1.29, 1.82) is 0 Å². The molecule has 0 heterocycles. The third kappa shape index (κ3) is 6.08. The second-order valence-corrected chi connectivity index (χ2v) is 7.24. The lowest BCUT2D eigenvalue weighted by Crippen LogP contribution is -2.44. The standard InChI is InChI=1S/C19H24BrN3O4/c1-12-3-8-16(9-13(12)2)23(10-17(25)19(27)18(26)11-24)22-21-15-6-4-14(20)5-7-15/h3-9,17-19,24-27H,10-11H2,1-2H3/t17-,18-,19+/m0/s1. The molecule has 0 spiro atoms. The van der Waals surface area contributed by atoms with E-state index in [1.807, 2.05) is 44.2 Å². The highest BCUT2D eigenvalue weighted by molar-refractivity contribution is 9.10. The summed E-state index contributed by atoms with van der Waals surface area (Å²) in [6.45, 7) is 3.19. The Labute approximate surface area is 166 Å². The van der Waals surface area contributed by atoms with Crippen LogP contribution in [-0.4, -0.2) is 51.9 Å². The van der Waals surface area contributed by atoms with Crippen molar-refractivity contribution < 1.29 is 20.4 Å². The van der Waals surface area contributed by atoms with E-state index >= 15 is 0 Å². The summed E-state index contributed by atoms with van der Waals surface area (Å²) in [6.07, 6.45) is -4.28. The van der Waals surface area contributed by atoms with Crippen molar-refractivity contribution in [2.24, 2.45) is 10.3 Å². The monoisotopic (exact) mass is 437 g/mol. The Morgan fingerprint density at radius 2 is 1.63 bits per heavy atom. The van der Waals surface area contributed by atoms with Crippen molar-refractivity contribution >= 4 is 27.3 Å². The van der Waals surface area contributed by atoms with Crippen LogP contribution in [0, 0.1) is 13.8 Å². The van der Waals surface area contributed by atoms with E-state index in [0.717, 1.165) is 15.6 Å². The van der Waals surface area contributed by atoms with Crippen molar-refractivity contribution in [3.05, 3.63) is 58.1 Å². The Morgan fingerprint density at radius 3 is 2.22 bits per heavy atom. The first-order valence-corrected chi connectivity index (χ1v) is 9.28. The van der Waals surface area contributed by atoms with Gasteiger partial charge in [-0.2, -0.15) is 0 Å². The van der Waals surface area contributed by atoms with Gasteiger partial charge in [0.1, 0.15) is 18.3 Å². The number of aryl methyl sites for hydroxylation is 2. The van der Waals surface area contributed by atoms with Crippen molar-refractivity contribution in [3.63, 3.8) is 0 Å². The van der Waals surface area contributed by atoms with Gasteiger partial charge in [-0.15, -0.1) is 5.11 Å². The average molecular weight is 438 g/mol. The van der Waals surface area contributed by atoms with Crippen LogP contribution < -0.4 is 5.01 Å². The molecule has 0 unspecified atom stereocenters. The zero-order valence-corrected chi connectivity index (χ0v) is 16.8. The van der Waals surface area contributed by atoms with Crippen molar-refractivity contribution in [2.45, 2.75) is 32.2 Å². The van der Waals surface area contributed by atoms with E-state index in [9.17, 15) is 15.3 Å². The van der Waals surface area contributed by atoms with E-state index in [1.165, 1.54) is 5.01 Å². The van der Waals surface area contributed by atoms with Gasteiger partial charge in [-0.25, -0.2) is 5.01 Å². The van der Waals surface area contributed by atoms with E-state index in [1.54, 1.807) is 12.1 Å². The van der Waals surface area contributed by atoms with Gasteiger partial charge in [-0.05, 0) is 61.4 Å². The minimum Gasteiger partial charge on any atom is -0.394 e. The molecule has 0 aliphatic heterocycles. The van der Waals surface area contributed by atoms with Crippen LogP contribution in [0.1, 0.15) is 11.1 Å².